The molecule has 0 radical (unpaired) electrons. The summed E-state index contributed by atoms with van der Waals surface area (Å²) in [5.41, 5.74) is 2.95. The largest absolute Gasteiger partial charge is 0.308 e. The Labute approximate surface area is 192 Å². The maximum atomic E-state index is 13.6. The zero-order chi connectivity index (χ0) is 23.0. The second-order valence-corrected chi connectivity index (χ2v) is 9.75. The molecule has 0 N–H and O–H groups in total. The first-order valence-corrected chi connectivity index (χ1v) is 11.6. The SMILES string of the molecule is C[C@H](Sc1nnc([C@@H](C)N(C)C)n1-c1ccc(F)cc1)C(=O)N1c2ccccc2C[C@H]1C. The third-order valence-corrected chi connectivity index (χ3v) is 7.00. The number of hydrogen-bond donors (Lipinski definition) is 0. The molecule has 0 spiro atoms. The topological polar surface area (TPSA) is 54.3 Å². The lowest BCUT2D eigenvalue weighted by Gasteiger charge is -2.26. The van der Waals surface area contributed by atoms with Crippen molar-refractivity contribution in [2.45, 2.75) is 49.7 Å². The third kappa shape index (κ3) is 4.17. The van der Waals surface area contributed by atoms with Gasteiger partial charge in [0.25, 0.3) is 0 Å². The van der Waals surface area contributed by atoms with Gasteiger partial charge in [-0.3, -0.25) is 14.3 Å². The molecule has 1 amide bonds. The number of benzene rings is 2. The first-order valence-electron chi connectivity index (χ1n) is 10.7. The van der Waals surface area contributed by atoms with Crippen LogP contribution in [-0.2, 0) is 11.2 Å². The fourth-order valence-corrected chi connectivity index (χ4v) is 4.92. The molecule has 2 heterocycles. The summed E-state index contributed by atoms with van der Waals surface area (Å²) in [6.07, 6.45) is 0.857. The van der Waals surface area contributed by atoms with E-state index in [2.05, 4.69) is 23.2 Å². The second-order valence-electron chi connectivity index (χ2n) is 8.44. The number of hydrogen-bond acceptors (Lipinski definition) is 5. The molecule has 1 aromatic heterocycles. The fraction of sp³-hybridized carbons (Fsp3) is 0.375. The normalized spacial score (nSPS) is 17.5. The Morgan fingerprint density at radius 1 is 1.12 bits per heavy atom. The number of amides is 1. The molecule has 2 aromatic carbocycles. The number of halogens is 1. The van der Waals surface area contributed by atoms with Crippen molar-refractivity contribution >= 4 is 23.4 Å². The Morgan fingerprint density at radius 3 is 2.50 bits per heavy atom. The highest BCUT2D eigenvalue weighted by molar-refractivity contribution is 8.00. The third-order valence-electron chi connectivity index (χ3n) is 5.97. The Hall–Kier alpha value is -2.71. The van der Waals surface area contributed by atoms with E-state index in [0.29, 0.717) is 5.16 Å². The molecule has 32 heavy (non-hydrogen) atoms. The molecule has 6 nitrogen and oxygen atoms in total. The van der Waals surface area contributed by atoms with Gasteiger partial charge >= 0.3 is 0 Å². The molecule has 0 unspecified atom stereocenters. The van der Waals surface area contributed by atoms with Crippen LogP contribution in [0.1, 0.15) is 38.2 Å². The summed E-state index contributed by atoms with van der Waals surface area (Å²) < 4.78 is 15.5. The number of thioether (sulfide) groups is 1. The van der Waals surface area contributed by atoms with E-state index < -0.39 is 0 Å². The molecule has 8 heteroatoms. The van der Waals surface area contributed by atoms with Crippen LogP contribution >= 0.6 is 11.8 Å². The highest BCUT2D eigenvalue weighted by Gasteiger charge is 2.34. The van der Waals surface area contributed by atoms with Gasteiger partial charge in [-0.15, -0.1) is 10.2 Å². The van der Waals surface area contributed by atoms with Gasteiger partial charge in [-0.2, -0.15) is 0 Å². The predicted molar refractivity (Wildman–Crippen MR) is 126 cm³/mol. The van der Waals surface area contributed by atoms with Gasteiger partial charge in [0.05, 0.1) is 11.3 Å². The van der Waals surface area contributed by atoms with E-state index in [-0.39, 0.29) is 29.1 Å². The van der Waals surface area contributed by atoms with Crippen molar-refractivity contribution in [3.05, 3.63) is 65.7 Å². The van der Waals surface area contributed by atoms with Crippen LogP contribution in [0.3, 0.4) is 0 Å². The molecule has 3 atom stereocenters. The molecular weight excluding hydrogens is 425 g/mol. The summed E-state index contributed by atoms with van der Waals surface area (Å²) in [5.74, 6) is 0.482. The summed E-state index contributed by atoms with van der Waals surface area (Å²) in [5, 5.41) is 9.09. The van der Waals surface area contributed by atoms with E-state index in [1.165, 1.54) is 29.5 Å². The molecule has 4 rings (SSSR count). The van der Waals surface area contributed by atoms with E-state index in [4.69, 9.17) is 0 Å². The Bertz CT molecular complexity index is 1110. The predicted octanol–water partition coefficient (Wildman–Crippen LogP) is 4.49. The van der Waals surface area contributed by atoms with Gasteiger partial charge in [-0.25, -0.2) is 4.39 Å². The minimum Gasteiger partial charge on any atom is -0.308 e. The maximum absolute atomic E-state index is 13.6. The smallest absolute Gasteiger partial charge is 0.240 e. The molecular formula is C24H28FN5OS. The van der Waals surface area contributed by atoms with Crippen molar-refractivity contribution in [1.82, 2.24) is 19.7 Å². The Kier molecular flexibility index (Phi) is 6.35. The molecule has 168 valence electrons. The molecule has 0 fully saturated rings. The van der Waals surface area contributed by atoms with Crippen molar-refractivity contribution < 1.29 is 9.18 Å². The standard InChI is InChI=1S/C24H28FN5OS/c1-15-14-18-8-6-7-9-21(18)29(15)23(31)17(3)32-24-27-26-22(16(2)28(4)5)30(24)20-12-10-19(25)11-13-20/h6-13,15-17H,14H2,1-5H3/t15-,16-,17+/m1/s1. The quantitative estimate of drug-likeness (QED) is 0.515. The average Bonchev–Trinajstić information content (AvgIpc) is 3.33. The monoisotopic (exact) mass is 453 g/mol. The van der Waals surface area contributed by atoms with Crippen LogP contribution in [0.2, 0.25) is 0 Å². The molecule has 1 aliphatic rings. The van der Waals surface area contributed by atoms with Gasteiger partial charge in [0.15, 0.2) is 11.0 Å². The molecule has 0 aliphatic carbocycles. The van der Waals surface area contributed by atoms with Crippen molar-refractivity contribution in [1.29, 1.82) is 0 Å². The van der Waals surface area contributed by atoms with Gasteiger partial charge in [0.2, 0.25) is 5.91 Å². The summed E-state index contributed by atoms with van der Waals surface area (Å²) >= 11 is 1.38. The van der Waals surface area contributed by atoms with Crippen LogP contribution < -0.4 is 4.90 Å². The number of carbonyl (C=O) groups is 1. The molecule has 0 saturated heterocycles. The maximum Gasteiger partial charge on any atom is 0.240 e. The number of rotatable bonds is 6. The van der Waals surface area contributed by atoms with Crippen LogP contribution in [-0.4, -0.2) is 51.0 Å². The lowest BCUT2D eigenvalue weighted by molar-refractivity contribution is -0.118. The molecule has 0 saturated carbocycles. The van der Waals surface area contributed by atoms with Gasteiger partial charge in [0, 0.05) is 17.4 Å². The lowest BCUT2D eigenvalue weighted by atomic mass is 10.1. The number of nitrogens with zero attached hydrogens (tertiary/aromatic N) is 5. The van der Waals surface area contributed by atoms with Gasteiger partial charge in [0.1, 0.15) is 5.82 Å². The number of para-hydroxylation sites is 1. The number of carbonyl (C=O) groups excluding carboxylic acids is 1. The van der Waals surface area contributed by atoms with E-state index in [9.17, 15) is 9.18 Å². The first kappa shape index (κ1) is 22.5. The summed E-state index contributed by atoms with van der Waals surface area (Å²) in [6, 6.07) is 14.4. The number of anilines is 1. The number of fused-ring (bicyclic) bond motifs is 1. The minimum absolute atomic E-state index is 0.0154. The zero-order valence-corrected chi connectivity index (χ0v) is 19.8. The molecule has 0 bridgehead atoms. The second kappa shape index (κ2) is 9.03. The minimum atomic E-state index is -0.366. The molecule has 1 aliphatic heterocycles. The van der Waals surface area contributed by atoms with Crippen molar-refractivity contribution in [2.75, 3.05) is 19.0 Å². The average molecular weight is 454 g/mol. The van der Waals surface area contributed by atoms with Crippen LogP contribution in [0.5, 0.6) is 0 Å². The van der Waals surface area contributed by atoms with Crippen LogP contribution in [0, 0.1) is 5.82 Å². The summed E-state index contributed by atoms with van der Waals surface area (Å²) in [6.45, 7) is 6.02. The Morgan fingerprint density at radius 2 is 1.81 bits per heavy atom. The highest BCUT2D eigenvalue weighted by atomic mass is 32.2. The summed E-state index contributed by atoms with van der Waals surface area (Å²) in [4.78, 5) is 17.4. The van der Waals surface area contributed by atoms with E-state index in [1.54, 1.807) is 12.1 Å². The van der Waals surface area contributed by atoms with Crippen LogP contribution in [0.15, 0.2) is 53.7 Å². The fourth-order valence-electron chi connectivity index (χ4n) is 4.00. The van der Waals surface area contributed by atoms with Gasteiger partial charge < -0.3 is 4.90 Å². The van der Waals surface area contributed by atoms with Crippen molar-refractivity contribution in [3.8, 4) is 5.69 Å². The zero-order valence-electron chi connectivity index (χ0n) is 19.0. The van der Waals surface area contributed by atoms with Crippen LogP contribution in [0.4, 0.5) is 10.1 Å². The van der Waals surface area contributed by atoms with Gasteiger partial charge in [-0.1, -0.05) is 30.0 Å². The first-order chi connectivity index (χ1) is 15.3. The van der Waals surface area contributed by atoms with E-state index >= 15 is 0 Å². The highest BCUT2D eigenvalue weighted by Crippen LogP contribution is 2.35. The van der Waals surface area contributed by atoms with Crippen LogP contribution in [0.25, 0.3) is 5.69 Å². The van der Waals surface area contributed by atoms with E-state index in [0.717, 1.165) is 23.6 Å². The Balaban J connectivity index is 1.65. The number of aromatic nitrogens is 3. The summed E-state index contributed by atoms with van der Waals surface area (Å²) in [7, 11) is 3.94. The van der Waals surface area contributed by atoms with Crippen molar-refractivity contribution in [3.63, 3.8) is 0 Å². The van der Waals surface area contributed by atoms with E-state index in [1.807, 2.05) is 60.5 Å². The van der Waals surface area contributed by atoms with Crippen molar-refractivity contribution in [2.24, 2.45) is 0 Å². The van der Waals surface area contributed by atoms with Gasteiger partial charge in [-0.05, 0) is 77.2 Å². The lowest BCUT2D eigenvalue weighted by Crippen LogP contribution is -2.40. The molecule has 3 aromatic rings.